The van der Waals surface area contributed by atoms with Crippen LogP contribution in [0.15, 0.2) is 315 Å². The lowest BCUT2D eigenvalue weighted by Crippen LogP contribution is -2.18. The van der Waals surface area contributed by atoms with E-state index in [4.69, 9.17) is 42.6 Å². The van der Waals surface area contributed by atoms with Gasteiger partial charge in [0.2, 0.25) is 0 Å². The first kappa shape index (κ1) is 119. The van der Waals surface area contributed by atoms with E-state index in [2.05, 4.69) is 290 Å². The summed E-state index contributed by atoms with van der Waals surface area (Å²) in [4.78, 5) is 0. The lowest BCUT2D eigenvalue weighted by molar-refractivity contribution is 0.277. The number of ether oxygens (including phenoxy) is 11. The van der Waals surface area contributed by atoms with Crippen molar-refractivity contribution >= 4 is 21.5 Å². The van der Waals surface area contributed by atoms with Gasteiger partial charge in [0, 0.05) is 44.7 Å². The van der Waals surface area contributed by atoms with Crippen LogP contribution in [-0.2, 0) is 25.7 Å². The minimum absolute atomic E-state index is 0. The average Bonchev–Trinajstić information content (AvgIpc) is 0.811. The highest BCUT2D eigenvalue weighted by molar-refractivity contribution is 5.82. The Hall–Kier alpha value is -11.5. The van der Waals surface area contributed by atoms with Gasteiger partial charge in [-0.3, -0.25) is 0 Å². The fraction of sp³-hybridized carbons (Fsp3) is 0.357. The molecule has 13 aromatic rings. The zero-order chi connectivity index (χ0) is 94.3. The predicted octanol–water partition coefficient (Wildman–Crippen LogP) is 32.0. The molecule has 0 bridgehead atoms. The largest absolute Gasteiger partial charge is 0.497 e. The van der Waals surface area contributed by atoms with E-state index in [1.165, 1.54) is 104 Å². The second kappa shape index (κ2) is 72.8. The number of rotatable bonds is 15. The van der Waals surface area contributed by atoms with Crippen LogP contribution in [0.5, 0.6) is 51.7 Å². The van der Waals surface area contributed by atoms with Gasteiger partial charge in [-0.1, -0.05) is 375 Å². The minimum atomic E-state index is -0.0431. The fourth-order valence-electron chi connectivity index (χ4n) is 11.2. The Kier molecular flexibility index (Phi) is 68.5. The van der Waals surface area contributed by atoms with Gasteiger partial charge in [0.05, 0.1) is 64.0 Å². The van der Waals surface area contributed by atoms with Crippen LogP contribution < -0.4 is 42.6 Å². The summed E-state index contributed by atoms with van der Waals surface area (Å²) in [6.07, 6.45) is 6.25. The molecule has 0 aromatic heterocycles. The molecule has 0 unspecified atom stereocenters. The van der Waals surface area contributed by atoms with E-state index in [9.17, 15) is 0 Å². The lowest BCUT2D eigenvalue weighted by atomic mass is 9.78. The van der Waals surface area contributed by atoms with Gasteiger partial charge in [-0.25, -0.2) is 0 Å². The molecule has 0 N–H and O–H groups in total. The molecule has 0 saturated heterocycles. The molecular formula is C115H162O11. The van der Waals surface area contributed by atoms with Crippen molar-refractivity contribution < 1.29 is 52.1 Å². The van der Waals surface area contributed by atoms with Gasteiger partial charge in [0.25, 0.3) is 0 Å². The molecule has 0 aliphatic heterocycles. The van der Waals surface area contributed by atoms with Crippen molar-refractivity contribution in [2.24, 2.45) is 0 Å². The Bertz CT molecular complexity index is 3960. The predicted molar refractivity (Wildman–Crippen MR) is 548 cm³/mol. The SMILES string of the molecule is C.CCC.CCC.CCC.CCC.CCC.COC.COC.COc1ccc(C(C)(C)c2ccc(OC)cc2)cc1.COc1ccc(C(C)(C)c2ccc(OC)cc2)cc1.COc1ccc(C(C)(C)c2ccc(OC)cc2)cc1.COc1ccccc1C.COc1ccccc1C.COc1ccccc1C.c1ccc2ccccc2c1.c1ccc2ccccc2c1. The van der Waals surface area contributed by atoms with Crippen LogP contribution in [0.2, 0.25) is 0 Å². The zero-order valence-corrected chi connectivity index (χ0v) is 82.5. The highest BCUT2D eigenvalue weighted by Crippen LogP contribution is 2.36. The molecule has 0 atom stereocenters. The topological polar surface area (TPSA) is 102 Å². The third-order valence-electron chi connectivity index (χ3n) is 18.1. The second-order valence-corrected chi connectivity index (χ2v) is 30.2. The maximum Gasteiger partial charge on any atom is 0.121 e. The molecular weight excluding hydrogens is 1560 g/mol. The standard InChI is InChI=1S/3C17H20O2.2C10H8.3C8H10O.5C3H8.2C2H6O.CH4/c3*1-17(2,13-5-9-15(18-3)10-6-13)14-7-11-16(19-4)12-8-14;2*1-2-6-10-8-4-3-7-9(10)5-1;3*1-7-5-3-4-6-8(7)9-2;7*1-3-2;/h3*5-12H,1-4H3;2*1-8H;3*3-6H,1-2H3;5*3H2,1-2H3;2*1-2H3;1H4. The van der Waals surface area contributed by atoms with Crippen molar-refractivity contribution in [2.45, 2.75) is 187 Å². The highest BCUT2D eigenvalue weighted by Gasteiger charge is 2.25. The summed E-state index contributed by atoms with van der Waals surface area (Å²) in [6.45, 7) is 40.6. The van der Waals surface area contributed by atoms with Crippen molar-refractivity contribution in [3.05, 3.63) is 366 Å². The van der Waals surface area contributed by atoms with Crippen LogP contribution in [0.1, 0.15) is 200 Å². The maximum absolute atomic E-state index is 5.20. The summed E-state index contributed by atoms with van der Waals surface area (Å²) in [5.74, 6) is 8.17. The number of benzene rings is 13. The normalized spacial score (nSPS) is 9.59. The molecule has 0 amide bonds. The van der Waals surface area contributed by atoms with Crippen LogP contribution in [-0.4, -0.2) is 92.4 Å². The van der Waals surface area contributed by atoms with Gasteiger partial charge in [0.15, 0.2) is 0 Å². The molecule has 688 valence electrons. The summed E-state index contributed by atoms with van der Waals surface area (Å²) < 4.78 is 54.8. The molecule has 13 rings (SSSR count). The Labute approximate surface area is 766 Å². The molecule has 0 spiro atoms. The van der Waals surface area contributed by atoms with Crippen molar-refractivity contribution in [3.8, 4) is 51.7 Å². The summed E-state index contributed by atoms with van der Waals surface area (Å²) >= 11 is 0. The maximum atomic E-state index is 5.20. The molecule has 0 radical (unpaired) electrons. The van der Waals surface area contributed by atoms with E-state index in [-0.39, 0.29) is 23.7 Å². The monoisotopic (exact) mass is 1720 g/mol. The first-order chi connectivity index (χ1) is 60.1. The van der Waals surface area contributed by atoms with Crippen LogP contribution in [0.3, 0.4) is 0 Å². The third kappa shape index (κ3) is 47.6. The van der Waals surface area contributed by atoms with Crippen LogP contribution in [0.4, 0.5) is 0 Å². The fourth-order valence-corrected chi connectivity index (χ4v) is 11.2. The van der Waals surface area contributed by atoms with E-state index in [0.717, 1.165) is 51.7 Å². The summed E-state index contributed by atoms with van der Waals surface area (Å²) in [6, 6.07) is 107. The van der Waals surface area contributed by atoms with Crippen molar-refractivity contribution in [2.75, 3.05) is 92.4 Å². The van der Waals surface area contributed by atoms with Gasteiger partial charge >= 0.3 is 0 Å². The van der Waals surface area contributed by atoms with E-state index in [1.807, 2.05) is 166 Å². The van der Waals surface area contributed by atoms with Gasteiger partial charge < -0.3 is 52.1 Å². The molecule has 0 fully saturated rings. The van der Waals surface area contributed by atoms with Gasteiger partial charge in [-0.2, -0.15) is 0 Å². The number of para-hydroxylation sites is 3. The molecule has 0 saturated carbocycles. The number of fused-ring (bicyclic) bond motifs is 2. The van der Waals surface area contributed by atoms with E-state index < -0.39 is 0 Å². The quantitative estimate of drug-likeness (QED) is 0.0981. The first-order valence-electron chi connectivity index (χ1n) is 43.4. The average molecular weight is 1720 g/mol. The third-order valence-corrected chi connectivity index (χ3v) is 18.1. The molecule has 0 aliphatic rings. The molecule has 0 aliphatic carbocycles. The summed E-state index contributed by atoms with van der Waals surface area (Å²) in [5, 5.41) is 5.24. The van der Waals surface area contributed by atoms with E-state index in [0.29, 0.717) is 0 Å². The Morgan fingerprint density at radius 2 is 0.286 bits per heavy atom. The first-order valence-corrected chi connectivity index (χ1v) is 43.4. The van der Waals surface area contributed by atoms with Gasteiger partial charge in [-0.05, 0) is 183 Å². The smallest absolute Gasteiger partial charge is 0.121 e. The number of hydrogen-bond donors (Lipinski definition) is 0. The highest BCUT2D eigenvalue weighted by atomic mass is 16.5. The van der Waals surface area contributed by atoms with Crippen molar-refractivity contribution in [1.82, 2.24) is 0 Å². The minimum Gasteiger partial charge on any atom is -0.497 e. The summed E-state index contributed by atoms with van der Waals surface area (Å²) in [7, 11) is 21.7. The Morgan fingerprint density at radius 3 is 0.381 bits per heavy atom. The zero-order valence-electron chi connectivity index (χ0n) is 82.5. The van der Waals surface area contributed by atoms with Gasteiger partial charge in [0.1, 0.15) is 51.7 Å². The van der Waals surface area contributed by atoms with Crippen LogP contribution >= 0.6 is 0 Å². The van der Waals surface area contributed by atoms with Crippen molar-refractivity contribution in [3.63, 3.8) is 0 Å². The van der Waals surface area contributed by atoms with Gasteiger partial charge in [-0.15, -0.1) is 0 Å². The molecule has 11 nitrogen and oxygen atoms in total. The number of aryl methyl sites for hydroxylation is 3. The van der Waals surface area contributed by atoms with Crippen molar-refractivity contribution in [1.29, 1.82) is 0 Å². The van der Waals surface area contributed by atoms with E-state index >= 15 is 0 Å². The second-order valence-electron chi connectivity index (χ2n) is 30.2. The Morgan fingerprint density at radius 1 is 0.175 bits per heavy atom. The van der Waals surface area contributed by atoms with Crippen LogP contribution in [0.25, 0.3) is 21.5 Å². The Balaban J connectivity index is -0.00000135. The molecule has 126 heavy (non-hydrogen) atoms. The lowest BCUT2D eigenvalue weighted by Gasteiger charge is -2.26. The van der Waals surface area contributed by atoms with Crippen LogP contribution in [0, 0.1) is 20.8 Å². The molecule has 0 heterocycles. The number of hydrogen-bond acceptors (Lipinski definition) is 11. The van der Waals surface area contributed by atoms with E-state index in [1.54, 1.807) is 92.4 Å². The molecule has 11 heteroatoms. The molecule has 13 aromatic carbocycles. The number of methoxy groups -OCH3 is 11. The summed E-state index contributed by atoms with van der Waals surface area (Å²) in [5.41, 5.74) is 11.0.